The molecule has 2 saturated heterocycles. The zero-order chi connectivity index (χ0) is 13.3. The maximum atomic E-state index is 12.6. The van der Waals surface area contributed by atoms with E-state index in [4.69, 9.17) is 15.2 Å². The SMILES string of the molecule is NCC1CCC(C(=O)C2CCOC3(CCCC3)C2)O1. The van der Waals surface area contributed by atoms with Crippen molar-refractivity contribution in [1.82, 2.24) is 0 Å². The monoisotopic (exact) mass is 267 g/mol. The molecule has 1 spiro atoms. The van der Waals surface area contributed by atoms with E-state index >= 15 is 0 Å². The van der Waals surface area contributed by atoms with Crippen molar-refractivity contribution in [2.45, 2.75) is 69.2 Å². The highest BCUT2D eigenvalue weighted by molar-refractivity contribution is 5.85. The molecule has 0 amide bonds. The van der Waals surface area contributed by atoms with Crippen LogP contribution in [0.3, 0.4) is 0 Å². The number of rotatable bonds is 3. The van der Waals surface area contributed by atoms with Gasteiger partial charge in [0.15, 0.2) is 5.78 Å². The van der Waals surface area contributed by atoms with Crippen LogP contribution in [0.25, 0.3) is 0 Å². The van der Waals surface area contributed by atoms with Gasteiger partial charge in [-0.3, -0.25) is 4.79 Å². The minimum Gasteiger partial charge on any atom is -0.375 e. The number of ketones is 1. The minimum absolute atomic E-state index is 0.0183. The summed E-state index contributed by atoms with van der Waals surface area (Å²) in [5, 5.41) is 0. The first kappa shape index (κ1) is 13.5. The van der Waals surface area contributed by atoms with Gasteiger partial charge in [-0.05, 0) is 38.5 Å². The molecule has 0 radical (unpaired) electrons. The summed E-state index contributed by atoms with van der Waals surface area (Å²) in [5.74, 6) is 0.457. The van der Waals surface area contributed by atoms with Gasteiger partial charge in [0.25, 0.3) is 0 Å². The summed E-state index contributed by atoms with van der Waals surface area (Å²) in [6, 6.07) is 0. The van der Waals surface area contributed by atoms with Crippen LogP contribution in [0.15, 0.2) is 0 Å². The zero-order valence-corrected chi connectivity index (χ0v) is 11.6. The maximum absolute atomic E-state index is 12.6. The van der Waals surface area contributed by atoms with E-state index in [2.05, 4.69) is 0 Å². The third kappa shape index (κ3) is 2.71. The molecule has 19 heavy (non-hydrogen) atoms. The third-order valence-corrected chi connectivity index (χ3v) is 5.10. The van der Waals surface area contributed by atoms with Gasteiger partial charge in [-0.2, -0.15) is 0 Å². The molecule has 4 heteroatoms. The summed E-state index contributed by atoms with van der Waals surface area (Å²) < 4.78 is 11.8. The molecule has 0 bridgehead atoms. The highest BCUT2D eigenvalue weighted by Gasteiger charge is 2.44. The van der Waals surface area contributed by atoms with Gasteiger partial charge in [0.05, 0.1) is 11.7 Å². The second-order valence-corrected chi connectivity index (χ2v) is 6.39. The number of ether oxygens (including phenoxy) is 2. The van der Waals surface area contributed by atoms with Crippen molar-refractivity contribution in [3.05, 3.63) is 0 Å². The summed E-state index contributed by atoms with van der Waals surface area (Å²) >= 11 is 0. The Kier molecular flexibility index (Phi) is 3.92. The van der Waals surface area contributed by atoms with Gasteiger partial charge < -0.3 is 15.2 Å². The van der Waals surface area contributed by atoms with Crippen LogP contribution in [0, 0.1) is 5.92 Å². The molecule has 1 aliphatic carbocycles. The Balaban J connectivity index is 1.60. The molecular formula is C15H25NO3. The largest absolute Gasteiger partial charge is 0.375 e. The second-order valence-electron chi connectivity index (χ2n) is 6.39. The van der Waals surface area contributed by atoms with Crippen molar-refractivity contribution in [3.63, 3.8) is 0 Å². The van der Waals surface area contributed by atoms with Crippen LogP contribution >= 0.6 is 0 Å². The summed E-state index contributed by atoms with van der Waals surface area (Å²) in [5.41, 5.74) is 5.63. The minimum atomic E-state index is -0.199. The number of carbonyl (C=O) groups excluding carboxylic acids is 1. The molecule has 0 aromatic carbocycles. The number of carbonyl (C=O) groups is 1. The summed E-state index contributed by atoms with van der Waals surface area (Å²) in [6.07, 6.45) is 8.22. The van der Waals surface area contributed by atoms with Crippen molar-refractivity contribution < 1.29 is 14.3 Å². The molecule has 3 aliphatic rings. The van der Waals surface area contributed by atoms with Crippen LogP contribution in [0.2, 0.25) is 0 Å². The lowest BCUT2D eigenvalue weighted by molar-refractivity contribution is -0.146. The molecule has 3 atom stereocenters. The van der Waals surface area contributed by atoms with Gasteiger partial charge in [-0.15, -0.1) is 0 Å². The van der Waals surface area contributed by atoms with E-state index < -0.39 is 0 Å². The van der Waals surface area contributed by atoms with Gasteiger partial charge in [0.1, 0.15) is 6.10 Å². The van der Waals surface area contributed by atoms with E-state index in [1.807, 2.05) is 0 Å². The van der Waals surface area contributed by atoms with Crippen LogP contribution < -0.4 is 5.73 Å². The highest BCUT2D eigenvalue weighted by Crippen LogP contribution is 2.43. The standard InChI is InChI=1S/C15H25NO3/c16-10-12-3-4-13(19-12)14(17)11-5-8-18-15(9-11)6-1-2-7-15/h11-13H,1-10,16H2. The fraction of sp³-hybridized carbons (Fsp3) is 0.933. The lowest BCUT2D eigenvalue weighted by Crippen LogP contribution is -2.42. The van der Waals surface area contributed by atoms with E-state index in [0.29, 0.717) is 12.3 Å². The number of nitrogens with two attached hydrogens (primary N) is 1. The molecule has 0 aromatic rings. The van der Waals surface area contributed by atoms with Crippen molar-refractivity contribution in [3.8, 4) is 0 Å². The first-order valence-electron chi connectivity index (χ1n) is 7.76. The molecule has 108 valence electrons. The van der Waals surface area contributed by atoms with E-state index in [0.717, 1.165) is 45.1 Å². The van der Waals surface area contributed by atoms with Gasteiger partial charge in [0, 0.05) is 19.1 Å². The second kappa shape index (κ2) is 5.51. The predicted octanol–water partition coefficient (Wildman–Crippen LogP) is 1.80. The van der Waals surface area contributed by atoms with Gasteiger partial charge >= 0.3 is 0 Å². The molecule has 2 heterocycles. The number of hydrogen-bond donors (Lipinski definition) is 1. The summed E-state index contributed by atoms with van der Waals surface area (Å²) in [4.78, 5) is 12.6. The Morgan fingerprint density at radius 2 is 2.00 bits per heavy atom. The smallest absolute Gasteiger partial charge is 0.164 e. The summed E-state index contributed by atoms with van der Waals surface area (Å²) in [7, 11) is 0. The van der Waals surface area contributed by atoms with Crippen molar-refractivity contribution in [2.24, 2.45) is 11.7 Å². The maximum Gasteiger partial charge on any atom is 0.164 e. The Bertz CT molecular complexity index is 338. The van der Waals surface area contributed by atoms with Gasteiger partial charge in [-0.25, -0.2) is 0 Å². The average molecular weight is 267 g/mol. The average Bonchev–Trinajstić information content (AvgIpc) is 3.07. The third-order valence-electron chi connectivity index (χ3n) is 5.10. The Labute approximate surface area is 115 Å². The van der Waals surface area contributed by atoms with Crippen molar-refractivity contribution in [1.29, 1.82) is 0 Å². The molecule has 3 fully saturated rings. The van der Waals surface area contributed by atoms with Crippen molar-refractivity contribution in [2.75, 3.05) is 13.2 Å². The van der Waals surface area contributed by atoms with E-state index in [1.165, 1.54) is 12.8 Å². The van der Waals surface area contributed by atoms with E-state index in [-0.39, 0.29) is 23.7 Å². The number of Topliss-reactive ketones (excluding diaryl/α,β-unsaturated/α-hetero) is 1. The molecule has 1 saturated carbocycles. The Hall–Kier alpha value is -0.450. The van der Waals surface area contributed by atoms with Crippen LogP contribution in [-0.4, -0.2) is 36.7 Å². The molecule has 0 aromatic heterocycles. The van der Waals surface area contributed by atoms with Crippen molar-refractivity contribution >= 4 is 5.78 Å². The number of hydrogen-bond acceptors (Lipinski definition) is 4. The topological polar surface area (TPSA) is 61.6 Å². The predicted molar refractivity (Wildman–Crippen MR) is 71.8 cm³/mol. The lowest BCUT2D eigenvalue weighted by Gasteiger charge is -2.38. The van der Waals surface area contributed by atoms with Gasteiger partial charge in [-0.1, -0.05) is 12.8 Å². The molecule has 2 aliphatic heterocycles. The van der Waals surface area contributed by atoms with E-state index in [9.17, 15) is 4.79 Å². The van der Waals surface area contributed by atoms with Crippen LogP contribution in [-0.2, 0) is 14.3 Å². The van der Waals surface area contributed by atoms with Gasteiger partial charge in [0.2, 0.25) is 0 Å². The lowest BCUT2D eigenvalue weighted by atomic mass is 9.81. The first-order chi connectivity index (χ1) is 9.22. The fourth-order valence-electron chi connectivity index (χ4n) is 3.99. The summed E-state index contributed by atoms with van der Waals surface area (Å²) in [6.45, 7) is 1.27. The highest BCUT2D eigenvalue weighted by atomic mass is 16.5. The molecular weight excluding hydrogens is 242 g/mol. The Morgan fingerprint density at radius 1 is 1.21 bits per heavy atom. The van der Waals surface area contributed by atoms with Crippen LogP contribution in [0.5, 0.6) is 0 Å². The quantitative estimate of drug-likeness (QED) is 0.847. The molecule has 2 N–H and O–H groups in total. The first-order valence-corrected chi connectivity index (χ1v) is 7.76. The zero-order valence-electron chi connectivity index (χ0n) is 11.6. The van der Waals surface area contributed by atoms with E-state index in [1.54, 1.807) is 0 Å². The van der Waals surface area contributed by atoms with Crippen LogP contribution in [0.4, 0.5) is 0 Å². The Morgan fingerprint density at radius 3 is 2.68 bits per heavy atom. The van der Waals surface area contributed by atoms with Crippen LogP contribution in [0.1, 0.15) is 51.4 Å². The molecule has 3 unspecified atom stereocenters. The molecule has 3 rings (SSSR count). The normalized spacial score (nSPS) is 37.8. The fourth-order valence-corrected chi connectivity index (χ4v) is 3.99. The molecule has 4 nitrogen and oxygen atoms in total.